The molecule has 0 atom stereocenters. The average Bonchev–Trinajstić information content (AvgIpc) is 2.29. The lowest BCUT2D eigenvalue weighted by Gasteiger charge is -2.00. The number of fused-ring (bicyclic) bond motifs is 1. The number of benzene rings is 1. The molecule has 13 heavy (non-hydrogen) atoms. The molecular weight excluding hydrogens is 166 g/mol. The number of hydrogen-bond donors (Lipinski definition) is 1. The minimum atomic E-state index is -0.0125. The Kier molecular flexibility index (Phi) is 1.94. The summed E-state index contributed by atoms with van der Waals surface area (Å²) in [4.78, 5) is 22.9. The number of hydrogen-bond acceptors (Lipinski definition) is 3. The fourth-order valence-corrected chi connectivity index (χ4v) is 1.45. The number of nitrogens with one attached hydrogen (secondary N) is 1. The quantitative estimate of drug-likeness (QED) is 0.630. The molecule has 1 aromatic carbocycles. The fourth-order valence-electron chi connectivity index (χ4n) is 1.45. The second kappa shape index (κ2) is 3.11. The van der Waals surface area contributed by atoms with Gasteiger partial charge in [0.15, 0.2) is 11.6 Å². The Hall–Kier alpha value is -1.48. The van der Waals surface area contributed by atoms with Crippen molar-refractivity contribution in [2.24, 2.45) is 0 Å². The molecule has 0 saturated carbocycles. The summed E-state index contributed by atoms with van der Waals surface area (Å²) in [5.74, 6) is -0.0251. The first-order valence-corrected chi connectivity index (χ1v) is 4.15. The van der Waals surface area contributed by atoms with Crippen LogP contribution < -0.4 is 5.32 Å². The van der Waals surface area contributed by atoms with Gasteiger partial charge >= 0.3 is 0 Å². The number of carbonyl (C=O) groups excluding carboxylic acids is 2. The summed E-state index contributed by atoms with van der Waals surface area (Å²) in [6.07, 6.45) is 0. The third-order valence-electron chi connectivity index (χ3n) is 2.10. The van der Waals surface area contributed by atoms with E-state index in [1.807, 2.05) is 0 Å². The van der Waals surface area contributed by atoms with Gasteiger partial charge in [0.05, 0.1) is 13.1 Å². The Morgan fingerprint density at radius 1 is 0.923 bits per heavy atom. The Bertz CT molecular complexity index is 336. The zero-order valence-corrected chi connectivity index (χ0v) is 7.04. The van der Waals surface area contributed by atoms with E-state index >= 15 is 0 Å². The summed E-state index contributed by atoms with van der Waals surface area (Å²) < 4.78 is 0. The molecule has 0 saturated heterocycles. The van der Waals surface area contributed by atoms with Gasteiger partial charge < -0.3 is 5.32 Å². The molecule has 0 aromatic heterocycles. The molecule has 0 aliphatic carbocycles. The van der Waals surface area contributed by atoms with E-state index in [9.17, 15) is 9.59 Å². The van der Waals surface area contributed by atoms with Crippen LogP contribution in [0.4, 0.5) is 0 Å². The maximum atomic E-state index is 11.4. The molecule has 0 bridgehead atoms. The molecule has 0 spiro atoms. The summed E-state index contributed by atoms with van der Waals surface area (Å²) in [5, 5.41) is 2.79. The molecule has 1 N–H and O–H groups in total. The topological polar surface area (TPSA) is 46.2 Å². The molecular formula is C10H9NO2. The summed E-state index contributed by atoms with van der Waals surface area (Å²) in [6.45, 7) is 0.505. The highest BCUT2D eigenvalue weighted by molar-refractivity contribution is 6.11. The van der Waals surface area contributed by atoms with Gasteiger partial charge in [0, 0.05) is 11.1 Å². The lowest BCUT2D eigenvalue weighted by Crippen LogP contribution is -2.23. The van der Waals surface area contributed by atoms with Gasteiger partial charge in [0.25, 0.3) is 0 Å². The molecule has 0 fully saturated rings. The molecule has 1 heterocycles. The lowest BCUT2D eigenvalue weighted by molar-refractivity contribution is 0.0992. The van der Waals surface area contributed by atoms with Crippen molar-refractivity contribution < 1.29 is 9.59 Å². The summed E-state index contributed by atoms with van der Waals surface area (Å²) in [6, 6.07) is 6.94. The molecule has 0 unspecified atom stereocenters. The minimum Gasteiger partial charge on any atom is -0.303 e. The van der Waals surface area contributed by atoms with E-state index in [0.29, 0.717) is 11.1 Å². The summed E-state index contributed by atoms with van der Waals surface area (Å²) in [5.41, 5.74) is 1.08. The van der Waals surface area contributed by atoms with Crippen molar-refractivity contribution in [1.82, 2.24) is 5.32 Å². The van der Waals surface area contributed by atoms with E-state index < -0.39 is 0 Å². The maximum absolute atomic E-state index is 11.4. The van der Waals surface area contributed by atoms with Crippen molar-refractivity contribution >= 4 is 11.6 Å². The predicted molar refractivity (Wildman–Crippen MR) is 48.0 cm³/mol. The van der Waals surface area contributed by atoms with E-state index in [2.05, 4.69) is 5.32 Å². The van der Waals surface area contributed by atoms with Crippen LogP contribution in [-0.4, -0.2) is 24.7 Å². The number of rotatable bonds is 0. The molecule has 2 rings (SSSR count). The van der Waals surface area contributed by atoms with Crippen LogP contribution in [0.15, 0.2) is 24.3 Å². The second-order valence-electron chi connectivity index (χ2n) is 3.00. The molecule has 1 aliphatic rings. The SMILES string of the molecule is O=C1CNCC(=O)c2ccccc21. The Balaban J connectivity index is 2.57. The zero-order chi connectivity index (χ0) is 9.26. The van der Waals surface area contributed by atoms with Crippen LogP contribution in [0.5, 0.6) is 0 Å². The standard InChI is InChI=1S/C10H9NO2/c12-9-5-11-6-10(13)8-4-2-1-3-7(8)9/h1-4,11H,5-6H2. The number of Topliss-reactive ketones (excluding diaryl/α,β-unsaturated/α-hetero) is 2. The Morgan fingerprint density at radius 2 is 1.38 bits per heavy atom. The fraction of sp³-hybridized carbons (Fsp3) is 0.200. The first-order chi connectivity index (χ1) is 6.29. The molecule has 1 aliphatic heterocycles. The molecule has 0 radical (unpaired) electrons. The second-order valence-corrected chi connectivity index (χ2v) is 3.00. The number of carbonyl (C=O) groups is 2. The van der Waals surface area contributed by atoms with Crippen LogP contribution in [0.25, 0.3) is 0 Å². The molecule has 3 heteroatoms. The van der Waals surface area contributed by atoms with Gasteiger partial charge in [-0.25, -0.2) is 0 Å². The van der Waals surface area contributed by atoms with Crippen molar-refractivity contribution in [1.29, 1.82) is 0 Å². The highest BCUT2D eigenvalue weighted by atomic mass is 16.1. The van der Waals surface area contributed by atoms with Crippen LogP contribution >= 0.6 is 0 Å². The highest BCUT2D eigenvalue weighted by Gasteiger charge is 2.19. The van der Waals surface area contributed by atoms with Gasteiger partial charge in [-0.05, 0) is 0 Å². The first kappa shape index (κ1) is 8.13. The highest BCUT2D eigenvalue weighted by Crippen LogP contribution is 2.11. The summed E-state index contributed by atoms with van der Waals surface area (Å²) >= 11 is 0. The normalized spacial score (nSPS) is 16.6. The van der Waals surface area contributed by atoms with Gasteiger partial charge in [-0.2, -0.15) is 0 Å². The van der Waals surface area contributed by atoms with Gasteiger partial charge in [0.1, 0.15) is 0 Å². The third kappa shape index (κ3) is 1.38. The predicted octanol–water partition coefficient (Wildman–Crippen LogP) is 0.655. The van der Waals surface area contributed by atoms with Gasteiger partial charge in [0.2, 0.25) is 0 Å². The van der Waals surface area contributed by atoms with Crippen molar-refractivity contribution in [3.8, 4) is 0 Å². The Labute approximate surface area is 75.8 Å². The van der Waals surface area contributed by atoms with Gasteiger partial charge in [-0.1, -0.05) is 24.3 Å². The molecule has 66 valence electrons. The van der Waals surface area contributed by atoms with E-state index in [1.54, 1.807) is 24.3 Å². The van der Waals surface area contributed by atoms with E-state index in [-0.39, 0.29) is 24.7 Å². The average molecular weight is 175 g/mol. The maximum Gasteiger partial charge on any atom is 0.177 e. The minimum absolute atomic E-state index is 0.0125. The molecule has 1 aromatic rings. The van der Waals surface area contributed by atoms with Crippen molar-refractivity contribution in [3.63, 3.8) is 0 Å². The van der Waals surface area contributed by atoms with E-state index in [0.717, 1.165) is 0 Å². The van der Waals surface area contributed by atoms with Gasteiger partial charge in [-0.3, -0.25) is 9.59 Å². The van der Waals surface area contributed by atoms with Crippen LogP contribution in [0.1, 0.15) is 20.7 Å². The van der Waals surface area contributed by atoms with Crippen LogP contribution in [-0.2, 0) is 0 Å². The van der Waals surface area contributed by atoms with Crippen molar-refractivity contribution in [3.05, 3.63) is 35.4 Å². The van der Waals surface area contributed by atoms with Crippen molar-refractivity contribution in [2.75, 3.05) is 13.1 Å². The largest absolute Gasteiger partial charge is 0.303 e. The monoisotopic (exact) mass is 175 g/mol. The van der Waals surface area contributed by atoms with Crippen LogP contribution in [0, 0.1) is 0 Å². The van der Waals surface area contributed by atoms with E-state index in [4.69, 9.17) is 0 Å². The molecule has 3 nitrogen and oxygen atoms in total. The third-order valence-corrected chi connectivity index (χ3v) is 2.10. The zero-order valence-electron chi connectivity index (χ0n) is 7.04. The lowest BCUT2D eigenvalue weighted by atomic mass is 10.0. The smallest absolute Gasteiger partial charge is 0.177 e. The van der Waals surface area contributed by atoms with Crippen molar-refractivity contribution in [2.45, 2.75) is 0 Å². The van der Waals surface area contributed by atoms with Crippen LogP contribution in [0.3, 0.4) is 0 Å². The van der Waals surface area contributed by atoms with Gasteiger partial charge in [-0.15, -0.1) is 0 Å². The van der Waals surface area contributed by atoms with Crippen LogP contribution in [0.2, 0.25) is 0 Å². The molecule has 0 amide bonds. The summed E-state index contributed by atoms with van der Waals surface area (Å²) in [7, 11) is 0. The number of ketones is 2. The first-order valence-electron chi connectivity index (χ1n) is 4.15. The Morgan fingerprint density at radius 3 is 1.85 bits per heavy atom. The van der Waals surface area contributed by atoms with E-state index in [1.165, 1.54) is 0 Å².